The predicted molar refractivity (Wildman–Crippen MR) is 126 cm³/mol. The third-order valence-corrected chi connectivity index (χ3v) is 4.04. The van der Waals surface area contributed by atoms with E-state index in [-0.39, 0.29) is 24.0 Å². The zero-order valence-electron chi connectivity index (χ0n) is 17.2. The summed E-state index contributed by atoms with van der Waals surface area (Å²) < 4.78 is 7.78. The lowest BCUT2D eigenvalue weighted by Crippen LogP contribution is -2.38. The monoisotopic (exact) mass is 499 g/mol. The molecule has 1 aromatic heterocycles. The van der Waals surface area contributed by atoms with Gasteiger partial charge in [-0.25, -0.2) is 0 Å². The molecule has 0 amide bonds. The zero-order valence-corrected chi connectivity index (χ0v) is 19.6. The molecule has 1 aromatic carbocycles. The summed E-state index contributed by atoms with van der Waals surface area (Å²) in [5.74, 6) is 1.24. The molecule has 0 spiro atoms. The first-order chi connectivity index (χ1) is 13.2. The number of guanidine groups is 1. The van der Waals surface area contributed by atoms with Crippen LogP contribution in [0.3, 0.4) is 0 Å². The first kappa shape index (κ1) is 24.4. The predicted octanol–water partition coefficient (Wildman–Crippen LogP) is 3.61. The van der Waals surface area contributed by atoms with Crippen molar-refractivity contribution in [1.82, 2.24) is 20.4 Å². The van der Waals surface area contributed by atoms with Crippen molar-refractivity contribution in [2.75, 3.05) is 26.2 Å². The normalized spacial score (nSPS) is 12.3. The second kappa shape index (κ2) is 14.4. The van der Waals surface area contributed by atoms with Gasteiger partial charge in [-0.3, -0.25) is 9.67 Å². The number of aromatic nitrogens is 2. The molecule has 0 radical (unpaired) electrons. The van der Waals surface area contributed by atoms with Gasteiger partial charge in [0.15, 0.2) is 5.96 Å². The molecule has 156 valence electrons. The van der Waals surface area contributed by atoms with Crippen LogP contribution in [0.2, 0.25) is 0 Å². The number of hydrogen-bond acceptors (Lipinski definition) is 3. The van der Waals surface area contributed by atoms with Crippen LogP contribution >= 0.6 is 24.0 Å². The van der Waals surface area contributed by atoms with Gasteiger partial charge in [0, 0.05) is 32.4 Å². The molecule has 7 heteroatoms. The Hall–Kier alpha value is -1.61. The highest BCUT2D eigenvalue weighted by molar-refractivity contribution is 14.0. The minimum atomic E-state index is 0. The number of nitrogens with one attached hydrogen (secondary N) is 2. The topological polar surface area (TPSA) is 63.5 Å². The Balaban J connectivity index is 0.00000392. The first-order valence-corrected chi connectivity index (χ1v) is 9.80. The summed E-state index contributed by atoms with van der Waals surface area (Å²) in [6.07, 6.45) is 4.96. The van der Waals surface area contributed by atoms with Gasteiger partial charge in [-0.2, -0.15) is 5.10 Å². The molecule has 0 fully saturated rings. The fourth-order valence-corrected chi connectivity index (χ4v) is 2.63. The molecular weight excluding hydrogens is 465 g/mol. The van der Waals surface area contributed by atoms with E-state index in [4.69, 9.17) is 4.74 Å². The second-order valence-electron chi connectivity index (χ2n) is 6.89. The molecule has 2 N–H and O–H groups in total. The van der Waals surface area contributed by atoms with Crippen molar-refractivity contribution >= 4 is 29.9 Å². The average molecular weight is 499 g/mol. The van der Waals surface area contributed by atoms with Crippen LogP contribution < -0.4 is 10.6 Å². The van der Waals surface area contributed by atoms with Gasteiger partial charge >= 0.3 is 0 Å². The minimum Gasteiger partial charge on any atom is -0.376 e. The molecule has 0 aliphatic rings. The summed E-state index contributed by atoms with van der Waals surface area (Å²) in [4.78, 5) is 4.68. The first-order valence-electron chi connectivity index (χ1n) is 9.80. The van der Waals surface area contributed by atoms with E-state index in [1.54, 1.807) is 0 Å². The molecule has 28 heavy (non-hydrogen) atoms. The number of ether oxygens (including phenoxy) is 1. The number of rotatable bonds is 11. The van der Waals surface area contributed by atoms with Gasteiger partial charge in [0.2, 0.25) is 0 Å². The fourth-order valence-electron chi connectivity index (χ4n) is 2.63. The molecule has 1 heterocycles. The number of aliphatic imine (C=N–C) groups is 1. The van der Waals surface area contributed by atoms with Gasteiger partial charge in [-0.05, 0) is 37.3 Å². The largest absolute Gasteiger partial charge is 0.376 e. The van der Waals surface area contributed by atoms with E-state index in [0.717, 1.165) is 38.6 Å². The Morgan fingerprint density at radius 3 is 2.71 bits per heavy atom. The number of aryl methyl sites for hydroxylation is 2. The third kappa shape index (κ3) is 10.1. The van der Waals surface area contributed by atoms with Gasteiger partial charge in [0.1, 0.15) is 0 Å². The van der Waals surface area contributed by atoms with Crippen LogP contribution in [0.5, 0.6) is 0 Å². The lowest BCUT2D eigenvalue weighted by atomic mass is 10.2. The lowest BCUT2D eigenvalue weighted by molar-refractivity contribution is 0.0945. The minimum absolute atomic E-state index is 0. The van der Waals surface area contributed by atoms with Crippen LogP contribution in [0, 0.1) is 12.8 Å². The summed E-state index contributed by atoms with van der Waals surface area (Å²) in [7, 11) is 0. The van der Waals surface area contributed by atoms with E-state index < -0.39 is 0 Å². The average Bonchev–Trinajstić information content (AvgIpc) is 3.09. The molecule has 1 atom stereocenters. The quantitative estimate of drug-likeness (QED) is 0.215. The molecule has 0 aliphatic heterocycles. The third-order valence-electron chi connectivity index (χ3n) is 4.04. The Morgan fingerprint density at radius 2 is 2.04 bits per heavy atom. The molecule has 0 bridgehead atoms. The summed E-state index contributed by atoms with van der Waals surface area (Å²) in [5.41, 5.74) is 2.40. The number of benzene rings is 1. The van der Waals surface area contributed by atoms with Gasteiger partial charge in [0.25, 0.3) is 0 Å². The van der Waals surface area contributed by atoms with E-state index in [9.17, 15) is 0 Å². The molecule has 1 unspecified atom stereocenters. The summed E-state index contributed by atoms with van der Waals surface area (Å²) in [5, 5.41) is 11.0. The van der Waals surface area contributed by atoms with Crippen molar-refractivity contribution in [3.63, 3.8) is 0 Å². The van der Waals surface area contributed by atoms with Gasteiger partial charge in [-0.1, -0.05) is 37.3 Å². The molecular formula is C21H34IN5O. The van der Waals surface area contributed by atoms with Crippen LogP contribution in [0.15, 0.2) is 47.7 Å². The van der Waals surface area contributed by atoms with Crippen LogP contribution in [-0.2, 0) is 17.9 Å². The van der Waals surface area contributed by atoms with E-state index in [1.165, 1.54) is 11.1 Å². The maximum Gasteiger partial charge on any atom is 0.191 e. The lowest BCUT2D eigenvalue weighted by Gasteiger charge is -2.14. The summed E-state index contributed by atoms with van der Waals surface area (Å²) in [6, 6.07) is 10.3. The van der Waals surface area contributed by atoms with Crippen molar-refractivity contribution in [2.24, 2.45) is 10.9 Å². The SMILES string of the molecule is CCNC(=NCC(C)COCc1ccccc1)NCCCn1cc(C)cn1.I. The molecule has 0 saturated carbocycles. The van der Waals surface area contributed by atoms with E-state index in [2.05, 4.69) is 59.8 Å². The van der Waals surface area contributed by atoms with E-state index in [1.807, 2.05) is 29.1 Å². The van der Waals surface area contributed by atoms with Crippen molar-refractivity contribution in [2.45, 2.75) is 40.3 Å². The van der Waals surface area contributed by atoms with Gasteiger partial charge < -0.3 is 15.4 Å². The van der Waals surface area contributed by atoms with Gasteiger partial charge in [-0.15, -0.1) is 24.0 Å². The van der Waals surface area contributed by atoms with E-state index in [0.29, 0.717) is 19.1 Å². The molecule has 0 aliphatic carbocycles. The number of hydrogen-bond donors (Lipinski definition) is 2. The van der Waals surface area contributed by atoms with Gasteiger partial charge in [0.05, 0.1) is 19.4 Å². The number of halogens is 1. The molecule has 2 aromatic rings. The van der Waals surface area contributed by atoms with Crippen molar-refractivity contribution in [1.29, 1.82) is 0 Å². The van der Waals surface area contributed by atoms with Crippen LogP contribution in [0.1, 0.15) is 31.4 Å². The van der Waals surface area contributed by atoms with Crippen molar-refractivity contribution < 1.29 is 4.74 Å². The van der Waals surface area contributed by atoms with Crippen molar-refractivity contribution in [3.8, 4) is 0 Å². The molecule has 2 rings (SSSR count). The maximum atomic E-state index is 5.80. The Labute approximate surface area is 186 Å². The van der Waals surface area contributed by atoms with Crippen LogP contribution in [0.4, 0.5) is 0 Å². The maximum absolute atomic E-state index is 5.80. The second-order valence-corrected chi connectivity index (χ2v) is 6.89. The van der Waals surface area contributed by atoms with Crippen LogP contribution in [-0.4, -0.2) is 42.0 Å². The zero-order chi connectivity index (χ0) is 19.3. The van der Waals surface area contributed by atoms with Crippen LogP contribution in [0.25, 0.3) is 0 Å². The molecule has 0 saturated heterocycles. The molecule has 6 nitrogen and oxygen atoms in total. The Bertz CT molecular complexity index is 674. The smallest absolute Gasteiger partial charge is 0.191 e. The number of nitrogens with zero attached hydrogens (tertiary/aromatic N) is 3. The fraction of sp³-hybridized carbons (Fsp3) is 0.524. The Morgan fingerprint density at radius 1 is 1.25 bits per heavy atom. The Kier molecular flexibility index (Phi) is 12.6. The highest BCUT2D eigenvalue weighted by atomic mass is 127. The van der Waals surface area contributed by atoms with E-state index >= 15 is 0 Å². The highest BCUT2D eigenvalue weighted by Crippen LogP contribution is 2.03. The summed E-state index contributed by atoms with van der Waals surface area (Å²) >= 11 is 0. The standard InChI is InChI=1S/C21H33N5O.HI/c1-4-22-21(23-11-8-12-26-15-18(2)14-25-26)24-13-19(3)16-27-17-20-9-6-5-7-10-20;/h5-7,9-10,14-15,19H,4,8,11-13,16-17H2,1-3H3,(H2,22,23,24);1H. The van der Waals surface area contributed by atoms with Crippen molar-refractivity contribution in [3.05, 3.63) is 53.9 Å². The highest BCUT2D eigenvalue weighted by Gasteiger charge is 2.04. The summed E-state index contributed by atoms with van der Waals surface area (Å²) in [6.45, 7) is 11.0.